The number of benzene rings is 1. The van der Waals surface area contributed by atoms with Gasteiger partial charge in [0.15, 0.2) is 0 Å². The number of aromatic nitrogens is 4. The maximum atomic E-state index is 4.89. The van der Waals surface area contributed by atoms with Gasteiger partial charge in [0.25, 0.3) is 0 Å². The van der Waals surface area contributed by atoms with E-state index in [1.165, 1.54) is 5.56 Å². The minimum Gasteiger partial charge on any atom is -0.323 e. The summed E-state index contributed by atoms with van der Waals surface area (Å²) in [6.45, 7) is 13.1. The fourth-order valence-electron chi connectivity index (χ4n) is 3.21. The van der Waals surface area contributed by atoms with Gasteiger partial charge in [-0.2, -0.15) is 0 Å². The van der Waals surface area contributed by atoms with Gasteiger partial charge >= 0.3 is 0 Å². The van der Waals surface area contributed by atoms with Gasteiger partial charge in [0.2, 0.25) is 0 Å². The fourth-order valence-corrected chi connectivity index (χ4v) is 3.21. The van der Waals surface area contributed by atoms with Crippen LogP contribution < -0.4 is 0 Å². The third-order valence-corrected chi connectivity index (χ3v) is 4.65. The Morgan fingerprint density at radius 1 is 1.00 bits per heavy atom. The van der Waals surface area contributed by atoms with Crippen molar-refractivity contribution in [3.8, 4) is 0 Å². The van der Waals surface area contributed by atoms with Crippen LogP contribution in [0.15, 0.2) is 30.7 Å². The maximum Gasteiger partial charge on any atom is 0.0829 e. The molecule has 0 saturated heterocycles. The smallest absolute Gasteiger partial charge is 0.0829 e. The molecule has 4 aromatic rings. The minimum absolute atomic E-state index is 0. The summed E-state index contributed by atoms with van der Waals surface area (Å²) < 4.78 is 2.01. The van der Waals surface area contributed by atoms with Crippen molar-refractivity contribution >= 4 is 27.6 Å². The van der Waals surface area contributed by atoms with Gasteiger partial charge in [0.1, 0.15) is 0 Å². The summed E-state index contributed by atoms with van der Waals surface area (Å²) >= 11 is 0. The summed E-state index contributed by atoms with van der Waals surface area (Å²) in [6.07, 6.45) is 3.76. The Balaban J connectivity index is 0.00000196. The molecule has 0 aliphatic carbocycles. The minimum atomic E-state index is -0.00413. The third kappa shape index (κ3) is 2.93. The number of nitrogens with zero attached hydrogens (tertiary/aromatic N) is 4. The zero-order chi connectivity index (χ0) is 18.0. The predicted octanol–water partition coefficient (Wildman–Crippen LogP) is 4.82. The molecule has 4 rings (SSSR count). The first kappa shape index (κ1) is 18.9. The number of hydrogen-bond donors (Lipinski definition) is 0. The van der Waals surface area contributed by atoms with Crippen molar-refractivity contribution in [3.05, 3.63) is 48.0 Å². The molecule has 4 nitrogen and oxygen atoms in total. The van der Waals surface area contributed by atoms with Crippen molar-refractivity contribution in [1.29, 1.82) is 0 Å². The molecule has 1 radical (unpaired) electrons. The third-order valence-electron chi connectivity index (χ3n) is 4.65. The number of hydrogen-bond acceptors (Lipinski definition) is 3. The first-order valence-electron chi connectivity index (χ1n) is 8.64. The molecule has 0 aliphatic heterocycles. The summed E-state index contributed by atoms with van der Waals surface area (Å²) in [5, 5.41) is 0.962. The van der Waals surface area contributed by atoms with Gasteiger partial charge in [0, 0.05) is 31.2 Å². The van der Waals surface area contributed by atoms with Crippen LogP contribution in [0.5, 0.6) is 0 Å². The molecule has 0 unspecified atom stereocenters. The van der Waals surface area contributed by atoms with Crippen LogP contribution in [0.3, 0.4) is 0 Å². The number of rotatable bonds is 0. The molecule has 0 atom stereocenters. The molecule has 0 spiro atoms. The van der Waals surface area contributed by atoms with E-state index in [1.807, 2.05) is 23.0 Å². The second kappa shape index (κ2) is 6.11. The summed E-state index contributed by atoms with van der Waals surface area (Å²) in [7, 11) is 0. The molecule has 0 saturated carbocycles. The molecule has 3 aromatic heterocycles. The zero-order valence-corrected chi connectivity index (χ0v) is 18.4. The van der Waals surface area contributed by atoms with Crippen molar-refractivity contribution in [2.75, 3.05) is 0 Å². The zero-order valence-electron chi connectivity index (χ0n) is 16.0. The molecule has 5 heteroatoms. The van der Waals surface area contributed by atoms with Crippen LogP contribution >= 0.6 is 0 Å². The van der Waals surface area contributed by atoms with Crippen molar-refractivity contribution in [2.45, 2.75) is 52.4 Å². The Labute approximate surface area is 167 Å². The van der Waals surface area contributed by atoms with Crippen molar-refractivity contribution in [1.82, 2.24) is 19.4 Å². The van der Waals surface area contributed by atoms with Gasteiger partial charge < -0.3 is 4.40 Å². The van der Waals surface area contributed by atoms with Crippen LogP contribution in [0.1, 0.15) is 52.8 Å². The molecule has 3 heterocycles. The monoisotopic (exact) mass is 524 g/mol. The summed E-state index contributed by atoms with van der Waals surface area (Å²) in [5.41, 5.74) is 6.06. The van der Waals surface area contributed by atoms with E-state index in [0.29, 0.717) is 0 Å². The van der Waals surface area contributed by atoms with E-state index in [2.05, 4.69) is 64.7 Å². The van der Waals surface area contributed by atoms with Gasteiger partial charge in [-0.3, -0.25) is 15.0 Å². The van der Waals surface area contributed by atoms with E-state index >= 15 is 0 Å². The Morgan fingerprint density at radius 3 is 2.38 bits per heavy atom. The van der Waals surface area contributed by atoms with Gasteiger partial charge in [-0.1, -0.05) is 52.5 Å². The van der Waals surface area contributed by atoms with Crippen molar-refractivity contribution in [2.24, 2.45) is 0 Å². The van der Waals surface area contributed by atoms with E-state index in [0.717, 1.165) is 33.3 Å². The van der Waals surface area contributed by atoms with Gasteiger partial charge in [-0.05, 0) is 17.0 Å². The normalized spacial score (nSPS) is 12.7. The maximum absolute atomic E-state index is 4.89. The van der Waals surface area contributed by atoms with E-state index in [1.54, 1.807) is 0 Å². The van der Waals surface area contributed by atoms with Crippen LogP contribution in [-0.4, -0.2) is 19.4 Å². The van der Waals surface area contributed by atoms with Crippen LogP contribution in [0.4, 0.5) is 0 Å². The molecule has 0 aliphatic rings. The average Bonchev–Trinajstić information content (AvgIpc) is 2.90. The van der Waals surface area contributed by atoms with Crippen LogP contribution in [0, 0.1) is 6.07 Å². The first-order chi connectivity index (χ1) is 11.7. The quantitative estimate of drug-likeness (QED) is 0.311. The molecule has 0 N–H and O–H groups in total. The largest absolute Gasteiger partial charge is 0.323 e. The molecule has 1 aromatic carbocycles. The second-order valence-electron chi connectivity index (χ2n) is 8.72. The Kier molecular flexibility index (Phi) is 4.45. The molecule has 0 bridgehead atoms. The molecule has 0 fully saturated rings. The Hall–Kier alpha value is -1.84. The van der Waals surface area contributed by atoms with E-state index < -0.39 is 0 Å². The molecular weight excluding hydrogens is 500 g/mol. The Bertz CT molecular complexity index is 1110. The fraction of sp³-hybridized carbons (Fsp3) is 0.381. The average molecular weight is 524 g/mol. The second-order valence-corrected chi connectivity index (χ2v) is 8.72. The summed E-state index contributed by atoms with van der Waals surface area (Å²) in [5.74, 6) is 0. The van der Waals surface area contributed by atoms with E-state index in [4.69, 9.17) is 9.97 Å². The van der Waals surface area contributed by atoms with Gasteiger partial charge in [-0.15, -0.1) is 18.2 Å². The molecule has 0 amide bonds. The van der Waals surface area contributed by atoms with Crippen LogP contribution in [0.25, 0.3) is 27.6 Å². The molecule has 137 valence electrons. The van der Waals surface area contributed by atoms with Gasteiger partial charge in [0.05, 0.1) is 29.2 Å². The van der Waals surface area contributed by atoms with Crippen LogP contribution in [0.2, 0.25) is 0 Å². The molecule has 26 heavy (non-hydrogen) atoms. The number of pyridine rings is 1. The van der Waals surface area contributed by atoms with Crippen molar-refractivity contribution < 1.29 is 20.1 Å². The van der Waals surface area contributed by atoms with Crippen LogP contribution in [-0.2, 0) is 30.9 Å². The van der Waals surface area contributed by atoms with Crippen molar-refractivity contribution in [3.63, 3.8) is 0 Å². The number of imidazole rings is 1. The van der Waals surface area contributed by atoms with E-state index in [9.17, 15) is 0 Å². The van der Waals surface area contributed by atoms with Gasteiger partial charge in [-0.25, -0.2) is 0 Å². The molecular formula is C21H23IrN4-. The summed E-state index contributed by atoms with van der Waals surface area (Å²) in [4.78, 5) is 14.3. The van der Waals surface area contributed by atoms with E-state index in [-0.39, 0.29) is 30.9 Å². The summed E-state index contributed by atoms with van der Waals surface area (Å²) in [6, 6.07) is 9.51. The number of fused-ring (bicyclic) bond motifs is 5. The standard InChI is InChI=1S/C21H23N4.Ir/c1-20(2,3)14-9-7-8-13-18(14)23-12-25-16-11-22-17(21(4,5)6)10-15(16)24-19(13)25;/h7,9-12H,1-6H3;/q-1;. The predicted molar refractivity (Wildman–Crippen MR) is 102 cm³/mol. The first-order valence-corrected chi connectivity index (χ1v) is 8.64. The Morgan fingerprint density at radius 2 is 1.73 bits per heavy atom. The topological polar surface area (TPSA) is 43.1 Å². The SMILES string of the molecule is CC(C)(C)c1cc2nc3c4[c-]ccc(C(C)(C)C)c4ncn3c2cn1.[Ir].